The summed E-state index contributed by atoms with van der Waals surface area (Å²) in [7, 11) is 0. The highest BCUT2D eigenvalue weighted by Gasteiger charge is 2.19. The molecule has 0 unspecified atom stereocenters. The first-order chi connectivity index (χ1) is 12.2. The molecule has 3 rings (SSSR count). The van der Waals surface area contributed by atoms with Crippen LogP contribution in [-0.2, 0) is 17.8 Å². The summed E-state index contributed by atoms with van der Waals surface area (Å²) in [5.41, 5.74) is 0.997. The zero-order valence-electron chi connectivity index (χ0n) is 13.6. The van der Waals surface area contributed by atoms with Gasteiger partial charge in [-0.3, -0.25) is 4.79 Å². The minimum absolute atomic E-state index is 0.139. The molecule has 126 valence electrons. The Bertz CT molecular complexity index is 887. The van der Waals surface area contributed by atoms with Gasteiger partial charge >= 0.3 is 5.97 Å². The van der Waals surface area contributed by atoms with E-state index in [4.69, 9.17) is 9.15 Å². The number of carbonyl (C=O) groups excluding carboxylic acids is 2. The van der Waals surface area contributed by atoms with Crippen molar-refractivity contribution in [1.82, 2.24) is 10.2 Å². The van der Waals surface area contributed by atoms with E-state index in [1.54, 1.807) is 48.5 Å². The average molecular weight is 336 g/mol. The number of aryl methyl sites for hydroxylation is 1. The summed E-state index contributed by atoms with van der Waals surface area (Å²) in [4.78, 5) is 25.0. The van der Waals surface area contributed by atoms with Gasteiger partial charge in [-0.05, 0) is 6.07 Å². The first kappa shape index (κ1) is 16.6. The Morgan fingerprint density at radius 1 is 0.920 bits per heavy atom. The number of ether oxygens (including phenoxy) is 1. The van der Waals surface area contributed by atoms with Crippen molar-refractivity contribution in [2.75, 3.05) is 0 Å². The first-order valence-electron chi connectivity index (χ1n) is 7.86. The fourth-order valence-corrected chi connectivity index (χ4v) is 2.30. The molecule has 6 heteroatoms. The second-order valence-corrected chi connectivity index (χ2v) is 5.26. The predicted octanol–water partition coefficient (Wildman–Crippen LogP) is 3.22. The number of benzene rings is 2. The van der Waals surface area contributed by atoms with Gasteiger partial charge in [-0.25, -0.2) is 4.79 Å². The largest absolute Gasteiger partial charge is 0.452 e. The summed E-state index contributed by atoms with van der Waals surface area (Å²) >= 11 is 0. The Hall–Kier alpha value is -3.28. The highest BCUT2D eigenvalue weighted by Crippen LogP contribution is 2.16. The third kappa shape index (κ3) is 3.80. The van der Waals surface area contributed by atoms with Crippen molar-refractivity contribution in [2.24, 2.45) is 0 Å². The van der Waals surface area contributed by atoms with Crippen molar-refractivity contribution in [1.29, 1.82) is 0 Å². The Morgan fingerprint density at radius 3 is 2.24 bits per heavy atom. The van der Waals surface area contributed by atoms with Gasteiger partial charge < -0.3 is 9.15 Å². The van der Waals surface area contributed by atoms with Gasteiger partial charge in [-0.2, -0.15) is 0 Å². The fraction of sp³-hybridized carbons (Fsp3) is 0.158. The number of carbonyl (C=O) groups is 2. The molecule has 0 aliphatic heterocycles. The maximum atomic E-state index is 12.6. The molecule has 2 aromatic carbocycles. The first-order valence-corrected chi connectivity index (χ1v) is 7.86. The van der Waals surface area contributed by atoms with Crippen molar-refractivity contribution in [3.8, 4) is 0 Å². The van der Waals surface area contributed by atoms with E-state index in [2.05, 4.69) is 10.2 Å². The number of rotatable bonds is 6. The van der Waals surface area contributed by atoms with Crippen LogP contribution >= 0.6 is 0 Å². The lowest BCUT2D eigenvalue weighted by atomic mass is 9.98. The highest BCUT2D eigenvalue weighted by molar-refractivity contribution is 6.14. The number of aromatic nitrogens is 2. The summed E-state index contributed by atoms with van der Waals surface area (Å²) in [5.74, 6) is -0.155. The normalized spacial score (nSPS) is 10.4. The Labute approximate surface area is 144 Å². The number of hydrogen-bond acceptors (Lipinski definition) is 6. The van der Waals surface area contributed by atoms with E-state index >= 15 is 0 Å². The van der Waals surface area contributed by atoms with Gasteiger partial charge in [0.25, 0.3) is 5.89 Å². The van der Waals surface area contributed by atoms with E-state index in [-0.39, 0.29) is 23.8 Å². The summed E-state index contributed by atoms with van der Waals surface area (Å²) in [5, 5.41) is 7.61. The molecule has 0 radical (unpaired) electrons. The lowest BCUT2D eigenvalue weighted by Gasteiger charge is -2.08. The van der Waals surface area contributed by atoms with Crippen LogP contribution in [0.5, 0.6) is 0 Å². The second kappa shape index (κ2) is 7.53. The molecule has 0 N–H and O–H groups in total. The summed E-state index contributed by atoms with van der Waals surface area (Å²) < 4.78 is 10.5. The molecule has 0 bridgehead atoms. The van der Waals surface area contributed by atoms with Crippen molar-refractivity contribution in [3.63, 3.8) is 0 Å². The smallest absolute Gasteiger partial charge is 0.339 e. The molecule has 0 saturated carbocycles. The van der Waals surface area contributed by atoms with E-state index in [1.165, 1.54) is 0 Å². The highest BCUT2D eigenvalue weighted by atomic mass is 16.5. The van der Waals surface area contributed by atoms with Gasteiger partial charge in [0.15, 0.2) is 12.4 Å². The molecule has 1 aromatic heterocycles. The van der Waals surface area contributed by atoms with Crippen LogP contribution in [-0.4, -0.2) is 21.9 Å². The minimum atomic E-state index is -0.615. The summed E-state index contributed by atoms with van der Waals surface area (Å²) in [6.45, 7) is 1.74. The summed E-state index contributed by atoms with van der Waals surface area (Å²) in [6, 6.07) is 15.3. The van der Waals surface area contributed by atoms with Crippen LogP contribution in [0.15, 0.2) is 59.0 Å². The molecule has 0 amide bonds. The lowest BCUT2D eigenvalue weighted by Crippen LogP contribution is -2.12. The molecule has 1 heterocycles. The van der Waals surface area contributed by atoms with E-state index in [1.807, 2.05) is 13.0 Å². The fourth-order valence-electron chi connectivity index (χ4n) is 2.30. The topological polar surface area (TPSA) is 82.3 Å². The third-order valence-electron chi connectivity index (χ3n) is 3.57. The molecular formula is C19H16N2O4. The van der Waals surface area contributed by atoms with E-state index < -0.39 is 5.97 Å². The molecule has 25 heavy (non-hydrogen) atoms. The molecule has 0 aliphatic rings. The quantitative estimate of drug-likeness (QED) is 0.508. The van der Waals surface area contributed by atoms with Crippen LogP contribution in [0.4, 0.5) is 0 Å². The minimum Gasteiger partial charge on any atom is -0.452 e. The number of esters is 1. The lowest BCUT2D eigenvalue weighted by molar-refractivity contribution is 0.0434. The average Bonchev–Trinajstić information content (AvgIpc) is 3.14. The van der Waals surface area contributed by atoms with Crippen molar-refractivity contribution < 1.29 is 18.7 Å². The van der Waals surface area contributed by atoms with Crippen LogP contribution in [0.3, 0.4) is 0 Å². The molecule has 0 saturated heterocycles. The van der Waals surface area contributed by atoms with Gasteiger partial charge in [-0.1, -0.05) is 55.5 Å². The van der Waals surface area contributed by atoms with Crippen LogP contribution in [0, 0.1) is 0 Å². The second-order valence-electron chi connectivity index (χ2n) is 5.26. The van der Waals surface area contributed by atoms with Crippen LogP contribution in [0.2, 0.25) is 0 Å². The Balaban J connectivity index is 1.78. The SMILES string of the molecule is CCc1nnc(COC(=O)c2ccccc2C(=O)c2ccccc2)o1. The zero-order valence-corrected chi connectivity index (χ0v) is 13.6. The van der Waals surface area contributed by atoms with Crippen LogP contribution in [0.25, 0.3) is 0 Å². The maximum absolute atomic E-state index is 12.6. The Morgan fingerprint density at radius 2 is 1.56 bits per heavy atom. The molecule has 0 aliphatic carbocycles. The number of hydrogen-bond donors (Lipinski definition) is 0. The molecular weight excluding hydrogens is 320 g/mol. The van der Waals surface area contributed by atoms with Gasteiger partial charge in [-0.15, -0.1) is 10.2 Å². The van der Waals surface area contributed by atoms with Crippen LogP contribution in [0.1, 0.15) is 45.0 Å². The maximum Gasteiger partial charge on any atom is 0.339 e. The van der Waals surface area contributed by atoms with Crippen molar-refractivity contribution in [3.05, 3.63) is 83.1 Å². The van der Waals surface area contributed by atoms with Crippen molar-refractivity contribution in [2.45, 2.75) is 20.0 Å². The number of nitrogens with zero attached hydrogens (tertiary/aromatic N) is 2. The number of ketones is 1. The molecule has 6 nitrogen and oxygen atoms in total. The van der Waals surface area contributed by atoms with Gasteiger partial charge in [0.2, 0.25) is 5.89 Å². The predicted molar refractivity (Wildman–Crippen MR) is 89.1 cm³/mol. The van der Waals surface area contributed by atoms with Gasteiger partial charge in [0, 0.05) is 17.5 Å². The van der Waals surface area contributed by atoms with E-state index in [0.717, 1.165) is 0 Å². The monoisotopic (exact) mass is 336 g/mol. The molecule has 0 atom stereocenters. The third-order valence-corrected chi connectivity index (χ3v) is 3.57. The van der Waals surface area contributed by atoms with Crippen molar-refractivity contribution >= 4 is 11.8 Å². The molecule has 0 spiro atoms. The Kier molecular flexibility index (Phi) is 4.99. The summed E-state index contributed by atoms with van der Waals surface area (Å²) in [6.07, 6.45) is 0.607. The van der Waals surface area contributed by atoms with Crippen LogP contribution < -0.4 is 0 Å². The molecule has 0 fully saturated rings. The zero-order chi connectivity index (χ0) is 17.6. The van der Waals surface area contributed by atoms with E-state index in [9.17, 15) is 9.59 Å². The standard InChI is InChI=1S/C19H16N2O4/c1-2-16-20-21-17(25-16)12-24-19(23)15-11-7-6-10-14(15)18(22)13-8-4-3-5-9-13/h3-11H,2,12H2,1H3. The van der Waals surface area contributed by atoms with E-state index in [0.29, 0.717) is 23.4 Å². The van der Waals surface area contributed by atoms with Gasteiger partial charge in [0.05, 0.1) is 5.56 Å². The van der Waals surface area contributed by atoms with Gasteiger partial charge in [0.1, 0.15) is 0 Å². The molecule has 3 aromatic rings.